The van der Waals surface area contributed by atoms with Crippen molar-refractivity contribution in [3.63, 3.8) is 0 Å². The van der Waals surface area contributed by atoms with Crippen LogP contribution in [0.25, 0.3) is 10.8 Å². The third kappa shape index (κ3) is 2.30. The molecule has 2 nitrogen and oxygen atoms in total. The SMILES string of the molecule is CN(C)C(C(N)=S)c1cccc2ccccc12. The van der Waals surface area contributed by atoms with E-state index in [1.54, 1.807) is 0 Å². The number of hydrogen-bond acceptors (Lipinski definition) is 2. The maximum Gasteiger partial charge on any atom is 0.0948 e. The second-order valence-electron chi connectivity index (χ2n) is 4.34. The van der Waals surface area contributed by atoms with Gasteiger partial charge in [0.2, 0.25) is 0 Å². The van der Waals surface area contributed by atoms with Crippen LogP contribution < -0.4 is 5.73 Å². The highest BCUT2D eigenvalue weighted by molar-refractivity contribution is 7.80. The first-order valence-corrected chi connectivity index (χ1v) is 5.95. The van der Waals surface area contributed by atoms with Crippen molar-refractivity contribution in [3.8, 4) is 0 Å². The van der Waals surface area contributed by atoms with E-state index in [0.29, 0.717) is 4.99 Å². The van der Waals surface area contributed by atoms with E-state index in [9.17, 15) is 0 Å². The first-order valence-electron chi connectivity index (χ1n) is 5.54. The van der Waals surface area contributed by atoms with Crippen molar-refractivity contribution in [1.82, 2.24) is 4.90 Å². The van der Waals surface area contributed by atoms with Gasteiger partial charge in [-0.25, -0.2) is 0 Å². The van der Waals surface area contributed by atoms with Gasteiger partial charge >= 0.3 is 0 Å². The van der Waals surface area contributed by atoms with Gasteiger partial charge in [-0.1, -0.05) is 54.7 Å². The molecule has 1 atom stereocenters. The maximum atomic E-state index is 5.85. The first-order chi connectivity index (χ1) is 8.11. The Morgan fingerprint density at radius 2 is 1.76 bits per heavy atom. The second kappa shape index (κ2) is 4.82. The predicted molar refractivity (Wildman–Crippen MR) is 77.2 cm³/mol. The monoisotopic (exact) mass is 244 g/mol. The van der Waals surface area contributed by atoms with Crippen molar-refractivity contribution in [1.29, 1.82) is 0 Å². The zero-order chi connectivity index (χ0) is 12.4. The molecule has 17 heavy (non-hydrogen) atoms. The van der Waals surface area contributed by atoms with Crippen LogP contribution in [0.15, 0.2) is 42.5 Å². The third-order valence-corrected chi connectivity index (χ3v) is 3.13. The lowest BCUT2D eigenvalue weighted by atomic mass is 9.98. The molecule has 0 spiro atoms. The molecule has 0 saturated heterocycles. The normalized spacial score (nSPS) is 12.9. The van der Waals surface area contributed by atoms with Gasteiger partial charge < -0.3 is 5.73 Å². The summed E-state index contributed by atoms with van der Waals surface area (Å²) in [5.41, 5.74) is 7.02. The van der Waals surface area contributed by atoms with E-state index in [1.165, 1.54) is 16.3 Å². The molecule has 0 aliphatic heterocycles. The molecule has 1 unspecified atom stereocenters. The fourth-order valence-electron chi connectivity index (χ4n) is 2.17. The van der Waals surface area contributed by atoms with Gasteiger partial charge in [0.15, 0.2) is 0 Å². The number of thiocarbonyl (C=S) groups is 1. The van der Waals surface area contributed by atoms with Crippen LogP contribution in [0.1, 0.15) is 11.6 Å². The van der Waals surface area contributed by atoms with Crippen LogP contribution in [-0.4, -0.2) is 24.0 Å². The van der Waals surface area contributed by atoms with Crippen LogP contribution >= 0.6 is 12.2 Å². The number of rotatable bonds is 3. The zero-order valence-corrected chi connectivity index (χ0v) is 10.9. The smallest absolute Gasteiger partial charge is 0.0948 e. The topological polar surface area (TPSA) is 29.3 Å². The van der Waals surface area contributed by atoms with Crippen LogP contribution in [-0.2, 0) is 0 Å². The quantitative estimate of drug-likeness (QED) is 0.842. The van der Waals surface area contributed by atoms with Gasteiger partial charge in [-0.05, 0) is 30.4 Å². The zero-order valence-electron chi connectivity index (χ0n) is 10.1. The summed E-state index contributed by atoms with van der Waals surface area (Å²) in [6.45, 7) is 0. The molecular formula is C14H16N2S. The average Bonchev–Trinajstić information content (AvgIpc) is 2.28. The largest absolute Gasteiger partial charge is 0.392 e. The van der Waals surface area contributed by atoms with Gasteiger partial charge in [0.25, 0.3) is 0 Å². The molecule has 0 aliphatic rings. The lowest BCUT2D eigenvalue weighted by Crippen LogP contribution is -2.31. The van der Waals surface area contributed by atoms with Crippen LogP contribution in [0.3, 0.4) is 0 Å². The molecule has 0 saturated carbocycles. The summed E-state index contributed by atoms with van der Waals surface area (Å²) in [5, 5.41) is 2.43. The lowest BCUT2D eigenvalue weighted by molar-refractivity contribution is 0.372. The highest BCUT2D eigenvalue weighted by Crippen LogP contribution is 2.27. The molecule has 3 heteroatoms. The predicted octanol–water partition coefficient (Wildman–Crippen LogP) is 2.73. The number of nitrogens with zero attached hydrogens (tertiary/aromatic N) is 1. The van der Waals surface area contributed by atoms with Crippen molar-refractivity contribution in [3.05, 3.63) is 48.0 Å². The Bertz CT molecular complexity index is 543. The highest BCUT2D eigenvalue weighted by atomic mass is 32.1. The standard InChI is InChI=1S/C14H16N2S/c1-16(2)13(14(15)17)12-9-5-7-10-6-3-4-8-11(10)12/h3-9,13H,1-2H3,(H2,15,17). The average molecular weight is 244 g/mol. The Morgan fingerprint density at radius 1 is 1.12 bits per heavy atom. The summed E-state index contributed by atoms with van der Waals surface area (Å²) in [6, 6.07) is 14.5. The van der Waals surface area contributed by atoms with E-state index in [1.807, 2.05) is 37.2 Å². The van der Waals surface area contributed by atoms with Crippen LogP contribution in [0, 0.1) is 0 Å². The van der Waals surface area contributed by atoms with Gasteiger partial charge in [-0.3, -0.25) is 4.90 Å². The summed E-state index contributed by atoms with van der Waals surface area (Å²) < 4.78 is 0. The van der Waals surface area contributed by atoms with Gasteiger partial charge in [0.05, 0.1) is 11.0 Å². The summed E-state index contributed by atoms with van der Waals surface area (Å²) in [4.78, 5) is 2.55. The minimum atomic E-state index is -0.0175. The van der Waals surface area contributed by atoms with Crippen molar-refractivity contribution >= 4 is 28.0 Å². The fraction of sp³-hybridized carbons (Fsp3) is 0.214. The van der Waals surface area contributed by atoms with E-state index in [2.05, 4.69) is 24.3 Å². The minimum Gasteiger partial charge on any atom is -0.392 e. The van der Waals surface area contributed by atoms with E-state index in [-0.39, 0.29) is 6.04 Å². The first kappa shape index (κ1) is 12.0. The molecule has 88 valence electrons. The van der Waals surface area contributed by atoms with Crippen molar-refractivity contribution in [2.24, 2.45) is 5.73 Å². The number of hydrogen-bond donors (Lipinski definition) is 1. The van der Waals surface area contributed by atoms with E-state index >= 15 is 0 Å². The highest BCUT2D eigenvalue weighted by Gasteiger charge is 2.18. The van der Waals surface area contributed by atoms with Crippen LogP contribution in [0.4, 0.5) is 0 Å². The lowest BCUT2D eigenvalue weighted by Gasteiger charge is -2.24. The van der Waals surface area contributed by atoms with E-state index in [0.717, 1.165) is 0 Å². The summed E-state index contributed by atoms with van der Waals surface area (Å²) in [5.74, 6) is 0. The van der Waals surface area contributed by atoms with Crippen LogP contribution in [0.2, 0.25) is 0 Å². The second-order valence-corrected chi connectivity index (χ2v) is 4.81. The van der Waals surface area contributed by atoms with Gasteiger partial charge in [-0.15, -0.1) is 0 Å². The number of nitrogens with two attached hydrogens (primary N) is 1. The number of likely N-dealkylation sites (N-methyl/N-ethyl adjacent to an activating group) is 1. The van der Waals surface area contributed by atoms with Gasteiger partial charge in [-0.2, -0.15) is 0 Å². The molecule has 2 aromatic rings. The molecule has 0 radical (unpaired) electrons. The Balaban J connectivity index is 2.65. The Kier molecular flexibility index (Phi) is 3.41. The molecule has 0 aliphatic carbocycles. The van der Waals surface area contributed by atoms with Crippen molar-refractivity contribution < 1.29 is 0 Å². The molecule has 0 bridgehead atoms. The van der Waals surface area contributed by atoms with Crippen LogP contribution in [0.5, 0.6) is 0 Å². The van der Waals surface area contributed by atoms with Crippen molar-refractivity contribution in [2.75, 3.05) is 14.1 Å². The minimum absolute atomic E-state index is 0.0175. The van der Waals surface area contributed by atoms with E-state index in [4.69, 9.17) is 18.0 Å². The Morgan fingerprint density at radius 3 is 2.41 bits per heavy atom. The molecule has 0 heterocycles. The maximum absolute atomic E-state index is 5.85. The molecule has 0 amide bonds. The molecule has 2 N–H and O–H groups in total. The summed E-state index contributed by atoms with van der Waals surface area (Å²) >= 11 is 5.17. The Hall–Kier alpha value is -1.45. The Labute approximate surface area is 107 Å². The molecule has 0 aromatic heterocycles. The molecule has 2 rings (SSSR count). The molecule has 2 aromatic carbocycles. The van der Waals surface area contributed by atoms with Crippen molar-refractivity contribution in [2.45, 2.75) is 6.04 Å². The number of fused-ring (bicyclic) bond motifs is 1. The summed E-state index contributed by atoms with van der Waals surface area (Å²) in [7, 11) is 3.98. The third-order valence-electron chi connectivity index (χ3n) is 2.90. The van der Waals surface area contributed by atoms with Gasteiger partial charge in [0, 0.05) is 0 Å². The number of benzene rings is 2. The molecular weight excluding hydrogens is 228 g/mol. The summed E-state index contributed by atoms with van der Waals surface area (Å²) in [6.07, 6.45) is 0. The van der Waals surface area contributed by atoms with Gasteiger partial charge in [0.1, 0.15) is 0 Å². The molecule has 0 fully saturated rings. The van der Waals surface area contributed by atoms with E-state index < -0.39 is 0 Å². The fourth-order valence-corrected chi connectivity index (χ4v) is 2.51.